The van der Waals surface area contributed by atoms with Crippen molar-refractivity contribution in [2.24, 2.45) is 0 Å². The SMILES string of the molecule is CCC[C@@](CO)(CCc1ccc(Sc2cc(OCC)ccc2OCc2ccccc2)cc1Cl)NC(=O)OC(C)(C)C. The average molecular weight is 600 g/mol. The van der Waals surface area contributed by atoms with Gasteiger partial charge in [0.05, 0.1) is 23.6 Å². The van der Waals surface area contributed by atoms with Crippen molar-refractivity contribution < 1.29 is 24.1 Å². The highest BCUT2D eigenvalue weighted by Crippen LogP contribution is 2.39. The van der Waals surface area contributed by atoms with E-state index in [1.54, 1.807) is 11.8 Å². The summed E-state index contributed by atoms with van der Waals surface area (Å²) in [6.07, 6.45) is 2.00. The predicted octanol–water partition coefficient (Wildman–Crippen LogP) is 8.46. The van der Waals surface area contributed by atoms with Gasteiger partial charge in [-0.1, -0.05) is 73.1 Å². The second kappa shape index (κ2) is 15.4. The summed E-state index contributed by atoms with van der Waals surface area (Å²) in [5.74, 6) is 1.54. The Morgan fingerprint density at radius 1 is 0.976 bits per heavy atom. The molecule has 0 fully saturated rings. The Hall–Kier alpha value is -2.87. The maximum absolute atomic E-state index is 12.5. The van der Waals surface area contributed by atoms with Gasteiger partial charge in [0.15, 0.2) is 0 Å². The number of halogens is 1. The molecule has 0 aliphatic carbocycles. The molecule has 3 rings (SSSR count). The molecule has 41 heavy (non-hydrogen) atoms. The highest BCUT2D eigenvalue weighted by Gasteiger charge is 2.32. The normalized spacial score (nSPS) is 12.9. The third-order valence-corrected chi connectivity index (χ3v) is 7.77. The number of carbonyl (C=O) groups is 1. The topological polar surface area (TPSA) is 77.0 Å². The van der Waals surface area contributed by atoms with Crippen molar-refractivity contribution in [2.45, 2.75) is 87.8 Å². The van der Waals surface area contributed by atoms with Crippen LogP contribution in [0.2, 0.25) is 5.02 Å². The molecule has 2 N–H and O–H groups in total. The minimum Gasteiger partial charge on any atom is -0.494 e. The molecule has 0 aliphatic rings. The number of hydrogen-bond donors (Lipinski definition) is 2. The van der Waals surface area contributed by atoms with E-state index < -0.39 is 17.2 Å². The quantitative estimate of drug-likeness (QED) is 0.194. The first-order valence-corrected chi connectivity index (χ1v) is 15.3. The van der Waals surface area contributed by atoms with Crippen LogP contribution < -0.4 is 14.8 Å². The second-order valence-corrected chi connectivity index (χ2v) is 12.5. The lowest BCUT2D eigenvalue weighted by Crippen LogP contribution is -2.53. The molecule has 8 heteroatoms. The Balaban J connectivity index is 1.74. The molecule has 6 nitrogen and oxygen atoms in total. The molecule has 0 radical (unpaired) electrons. The van der Waals surface area contributed by atoms with Crippen LogP contribution in [0.1, 0.15) is 65.0 Å². The average Bonchev–Trinajstić information content (AvgIpc) is 2.92. The molecule has 0 heterocycles. The minimum atomic E-state index is -0.793. The summed E-state index contributed by atoms with van der Waals surface area (Å²) in [6.45, 7) is 10.3. The fourth-order valence-electron chi connectivity index (χ4n) is 4.42. The van der Waals surface area contributed by atoms with Crippen molar-refractivity contribution in [2.75, 3.05) is 13.2 Å². The van der Waals surface area contributed by atoms with Gasteiger partial charge in [0.2, 0.25) is 0 Å². The number of benzene rings is 3. The van der Waals surface area contributed by atoms with E-state index in [4.69, 9.17) is 25.8 Å². The number of hydrogen-bond acceptors (Lipinski definition) is 6. The molecule has 0 bridgehead atoms. The lowest BCUT2D eigenvalue weighted by molar-refractivity contribution is 0.0373. The Bertz CT molecular complexity index is 1260. The van der Waals surface area contributed by atoms with Gasteiger partial charge in [0.1, 0.15) is 23.7 Å². The van der Waals surface area contributed by atoms with E-state index in [1.165, 1.54) is 0 Å². The number of amides is 1. The molecule has 0 saturated carbocycles. The zero-order chi connectivity index (χ0) is 29.9. The van der Waals surface area contributed by atoms with Crippen LogP contribution in [-0.2, 0) is 17.8 Å². The van der Waals surface area contributed by atoms with E-state index in [0.29, 0.717) is 37.5 Å². The van der Waals surface area contributed by atoms with E-state index >= 15 is 0 Å². The summed E-state index contributed by atoms with van der Waals surface area (Å²) in [4.78, 5) is 14.4. The van der Waals surface area contributed by atoms with E-state index in [1.807, 2.05) is 101 Å². The number of alkyl carbamates (subject to hydrolysis) is 1. The van der Waals surface area contributed by atoms with Crippen molar-refractivity contribution in [3.63, 3.8) is 0 Å². The van der Waals surface area contributed by atoms with Gasteiger partial charge in [-0.05, 0) is 88.4 Å². The first-order chi connectivity index (χ1) is 19.6. The molecule has 0 aliphatic heterocycles. The number of rotatable bonds is 14. The largest absolute Gasteiger partial charge is 0.494 e. The number of aliphatic hydroxyl groups is 1. The molecule has 1 atom stereocenters. The van der Waals surface area contributed by atoms with Crippen molar-refractivity contribution in [1.29, 1.82) is 0 Å². The maximum atomic E-state index is 12.5. The maximum Gasteiger partial charge on any atom is 0.408 e. The van der Waals surface area contributed by atoms with Gasteiger partial charge in [-0.3, -0.25) is 0 Å². The van der Waals surface area contributed by atoms with Gasteiger partial charge in [0.25, 0.3) is 0 Å². The molecule has 0 aromatic heterocycles. The molecular weight excluding hydrogens is 558 g/mol. The lowest BCUT2D eigenvalue weighted by atomic mass is 9.87. The Kier molecular flexibility index (Phi) is 12.2. The summed E-state index contributed by atoms with van der Waals surface area (Å²) < 4.78 is 17.4. The van der Waals surface area contributed by atoms with Crippen molar-refractivity contribution in [3.05, 3.63) is 82.9 Å². The van der Waals surface area contributed by atoms with Crippen LogP contribution in [0.4, 0.5) is 4.79 Å². The van der Waals surface area contributed by atoms with Gasteiger partial charge < -0.3 is 24.6 Å². The molecule has 3 aromatic rings. The second-order valence-electron chi connectivity index (χ2n) is 11.0. The molecule has 0 unspecified atom stereocenters. The van der Waals surface area contributed by atoms with E-state index in [2.05, 4.69) is 5.32 Å². The first kappa shape index (κ1) is 32.6. The number of carbonyl (C=O) groups excluding carboxylic acids is 1. The van der Waals surface area contributed by atoms with Gasteiger partial charge in [-0.15, -0.1) is 0 Å². The third kappa shape index (κ3) is 10.5. The highest BCUT2D eigenvalue weighted by molar-refractivity contribution is 7.99. The van der Waals surface area contributed by atoms with E-state index in [-0.39, 0.29) is 6.61 Å². The summed E-state index contributed by atoms with van der Waals surface area (Å²) in [5.41, 5.74) is 0.619. The van der Waals surface area contributed by atoms with Crippen LogP contribution in [0.3, 0.4) is 0 Å². The summed E-state index contributed by atoms with van der Waals surface area (Å²) in [6, 6.07) is 21.9. The summed E-state index contributed by atoms with van der Waals surface area (Å²) >= 11 is 8.31. The van der Waals surface area contributed by atoms with E-state index in [0.717, 1.165) is 38.8 Å². The van der Waals surface area contributed by atoms with Crippen molar-refractivity contribution >= 4 is 29.5 Å². The standard InChI is InChI=1S/C33H42ClNO5S/c1-6-18-33(23-36,35-31(37)40-32(3,4)5)19-17-25-13-15-27(21-28(25)34)41-30-20-26(38-7-2)14-16-29(30)39-22-24-11-9-8-10-12-24/h8-16,20-21,36H,6-7,17-19,22-23H2,1-5H3,(H,35,37)/t33-/m0/s1. The minimum absolute atomic E-state index is 0.187. The van der Waals surface area contributed by atoms with Crippen molar-refractivity contribution in [1.82, 2.24) is 5.32 Å². The lowest BCUT2D eigenvalue weighted by Gasteiger charge is -2.34. The van der Waals surface area contributed by atoms with Gasteiger partial charge in [-0.25, -0.2) is 4.79 Å². The molecule has 0 saturated heterocycles. The van der Waals surface area contributed by atoms with Gasteiger partial charge >= 0.3 is 6.09 Å². The molecule has 0 spiro atoms. The number of aryl methyl sites for hydroxylation is 1. The van der Waals surface area contributed by atoms with Gasteiger partial charge in [0, 0.05) is 9.92 Å². The van der Waals surface area contributed by atoms with Crippen LogP contribution in [0.15, 0.2) is 76.5 Å². The Labute approximate surface area is 253 Å². The highest BCUT2D eigenvalue weighted by atomic mass is 35.5. The Morgan fingerprint density at radius 2 is 1.73 bits per heavy atom. The molecule has 1 amide bonds. The van der Waals surface area contributed by atoms with Crippen molar-refractivity contribution in [3.8, 4) is 11.5 Å². The van der Waals surface area contributed by atoms with Crippen LogP contribution in [-0.4, -0.2) is 35.6 Å². The number of nitrogens with one attached hydrogen (secondary N) is 1. The number of ether oxygens (including phenoxy) is 3. The fraction of sp³-hybridized carbons (Fsp3) is 0.424. The number of aliphatic hydroxyl groups excluding tert-OH is 1. The molecule has 222 valence electrons. The molecular formula is C33H42ClNO5S. The first-order valence-electron chi connectivity index (χ1n) is 14.1. The summed E-state index contributed by atoms with van der Waals surface area (Å²) in [5, 5.41) is 13.8. The molecule has 3 aromatic carbocycles. The third-order valence-electron chi connectivity index (χ3n) is 6.39. The monoisotopic (exact) mass is 599 g/mol. The smallest absolute Gasteiger partial charge is 0.408 e. The van der Waals surface area contributed by atoms with Crippen LogP contribution in [0.5, 0.6) is 11.5 Å². The van der Waals surface area contributed by atoms with E-state index in [9.17, 15) is 9.90 Å². The van der Waals surface area contributed by atoms with Crippen LogP contribution in [0, 0.1) is 0 Å². The van der Waals surface area contributed by atoms with Crippen LogP contribution in [0.25, 0.3) is 0 Å². The predicted molar refractivity (Wildman–Crippen MR) is 166 cm³/mol. The summed E-state index contributed by atoms with van der Waals surface area (Å²) in [7, 11) is 0. The zero-order valence-electron chi connectivity index (χ0n) is 24.7. The van der Waals surface area contributed by atoms with Crippen LogP contribution >= 0.6 is 23.4 Å². The fourth-order valence-corrected chi connectivity index (χ4v) is 5.73. The van der Waals surface area contributed by atoms with Gasteiger partial charge in [-0.2, -0.15) is 0 Å². The Morgan fingerprint density at radius 3 is 2.37 bits per heavy atom. The zero-order valence-corrected chi connectivity index (χ0v) is 26.2.